The number of rotatable bonds is 16. The van der Waals surface area contributed by atoms with E-state index in [1.807, 2.05) is 19.9 Å². The van der Waals surface area contributed by atoms with Gasteiger partial charge in [0.2, 0.25) is 10.0 Å². The standard InChI is InChI=1S/C35H46F2N4O5S/c1-7-12-41(13-8-2)33(42)27-14-24(3)15-28(19-27)34(43)46-32(35(4,38)21-26-16-29(36)20-30(37)17-26)23-39-22-25-10-9-11-31(18-25)40(5)47(6,44)45/h9-11,14-20,32,39H,7-8,12-13,21-23,38H2,1-6H3/t32-,35?/m1/s1. The van der Waals surface area contributed by atoms with Crippen LogP contribution in [-0.2, 0) is 27.7 Å². The number of sulfonamides is 1. The van der Waals surface area contributed by atoms with Crippen LogP contribution in [0.25, 0.3) is 0 Å². The smallest absolute Gasteiger partial charge is 0.338 e. The lowest BCUT2D eigenvalue weighted by atomic mass is 9.87. The van der Waals surface area contributed by atoms with Crippen LogP contribution in [0.3, 0.4) is 0 Å². The molecule has 0 aromatic heterocycles. The fraction of sp³-hybridized carbons (Fsp3) is 0.429. The average Bonchev–Trinajstić information content (AvgIpc) is 2.98. The van der Waals surface area contributed by atoms with E-state index < -0.39 is 39.3 Å². The molecule has 0 aliphatic rings. The topological polar surface area (TPSA) is 122 Å². The molecule has 0 heterocycles. The molecule has 0 bridgehead atoms. The molecule has 1 amide bonds. The molecule has 256 valence electrons. The van der Waals surface area contributed by atoms with Crippen LogP contribution in [0.4, 0.5) is 14.5 Å². The highest BCUT2D eigenvalue weighted by Crippen LogP contribution is 2.23. The van der Waals surface area contributed by atoms with Crippen LogP contribution >= 0.6 is 0 Å². The number of anilines is 1. The summed E-state index contributed by atoms with van der Waals surface area (Å²) in [5.74, 6) is -2.38. The fourth-order valence-electron chi connectivity index (χ4n) is 5.34. The molecule has 1 unspecified atom stereocenters. The predicted molar refractivity (Wildman–Crippen MR) is 181 cm³/mol. The normalized spacial score (nSPS) is 13.5. The Kier molecular flexibility index (Phi) is 13.0. The van der Waals surface area contributed by atoms with E-state index in [1.54, 1.807) is 49.1 Å². The molecule has 3 aromatic carbocycles. The van der Waals surface area contributed by atoms with E-state index in [4.69, 9.17) is 10.5 Å². The van der Waals surface area contributed by atoms with Gasteiger partial charge in [0.05, 0.1) is 23.0 Å². The lowest BCUT2D eigenvalue weighted by Crippen LogP contribution is -2.55. The summed E-state index contributed by atoms with van der Waals surface area (Å²) in [5, 5.41) is 3.23. The highest BCUT2D eigenvalue weighted by atomic mass is 32.2. The number of nitrogens with one attached hydrogen (secondary N) is 1. The molecule has 0 radical (unpaired) electrons. The molecule has 0 saturated heterocycles. The number of hydrogen-bond acceptors (Lipinski definition) is 7. The number of halogens is 2. The summed E-state index contributed by atoms with van der Waals surface area (Å²) in [5.41, 5.74) is 8.23. The summed E-state index contributed by atoms with van der Waals surface area (Å²) >= 11 is 0. The van der Waals surface area contributed by atoms with Gasteiger partial charge in [-0.2, -0.15) is 0 Å². The Morgan fingerprint density at radius 3 is 2.17 bits per heavy atom. The molecule has 12 heteroatoms. The predicted octanol–water partition coefficient (Wildman–Crippen LogP) is 5.21. The zero-order chi connectivity index (χ0) is 34.9. The number of nitrogens with zero attached hydrogens (tertiary/aromatic N) is 2. The molecule has 0 spiro atoms. The third-order valence-corrected chi connectivity index (χ3v) is 8.96. The minimum atomic E-state index is -3.46. The minimum Gasteiger partial charge on any atom is -0.455 e. The third kappa shape index (κ3) is 10.8. The van der Waals surface area contributed by atoms with Crippen LogP contribution in [0.1, 0.15) is 71.0 Å². The quantitative estimate of drug-likeness (QED) is 0.201. The monoisotopic (exact) mass is 672 g/mol. The van der Waals surface area contributed by atoms with Crippen LogP contribution in [0.5, 0.6) is 0 Å². The fourth-order valence-corrected chi connectivity index (χ4v) is 5.83. The SMILES string of the molecule is CCCN(CCC)C(=O)c1cc(C)cc(C(=O)O[C@H](CNCc2cccc(N(C)S(C)(=O)=O)c2)C(C)(N)Cc2cc(F)cc(F)c2)c1. The molecular weight excluding hydrogens is 626 g/mol. The van der Waals surface area contributed by atoms with Crippen LogP contribution < -0.4 is 15.4 Å². The van der Waals surface area contributed by atoms with Crippen molar-refractivity contribution in [1.29, 1.82) is 0 Å². The first-order valence-electron chi connectivity index (χ1n) is 15.6. The number of carbonyl (C=O) groups is 2. The summed E-state index contributed by atoms with van der Waals surface area (Å²) in [7, 11) is -2.00. The second-order valence-electron chi connectivity index (χ2n) is 12.3. The van der Waals surface area contributed by atoms with Gasteiger partial charge in [0, 0.05) is 44.9 Å². The molecule has 9 nitrogen and oxygen atoms in total. The van der Waals surface area contributed by atoms with Crippen molar-refractivity contribution in [1.82, 2.24) is 10.2 Å². The van der Waals surface area contributed by atoms with E-state index in [9.17, 15) is 26.8 Å². The van der Waals surface area contributed by atoms with Crippen LogP contribution in [0.15, 0.2) is 60.7 Å². The molecule has 0 aliphatic heterocycles. The van der Waals surface area contributed by atoms with Crippen LogP contribution in [-0.4, -0.2) is 69.8 Å². The van der Waals surface area contributed by atoms with Crippen molar-refractivity contribution in [2.45, 2.75) is 65.1 Å². The van der Waals surface area contributed by atoms with Crippen molar-refractivity contribution in [3.8, 4) is 0 Å². The highest BCUT2D eigenvalue weighted by Gasteiger charge is 2.34. The van der Waals surface area contributed by atoms with Gasteiger partial charge in [0.15, 0.2) is 0 Å². The van der Waals surface area contributed by atoms with E-state index in [1.165, 1.54) is 29.6 Å². The summed E-state index contributed by atoms with van der Waals surface area (Å²) in [4.78, 5) is 28.7. The third-order valence-electron chi connectivity index (χ3n) is 7.76. The number of benzene rings is 3. The van der Waals surface area contributed by atoms with Gasteiger partial charge in [-0.25, -0.2) is 22.0 Å². The number of ether oxygens (including phenoxy) is 1. The maximum atomic E-state index is 14.0. The van der Waals surface area contributed by atoms with Crippen molar-refractivity contribution in [3.05, 3.63) is 100 Å². The number of nitrogens with two attached hydrogens (primary N) is 1. The van der Waals surface area contributed by atoms with Gasteiger partial charge in [-0.3, -0.25) is 9.10 Å². The second kappa shape index (κ2) is 16.3. The Bertz CT molecular complexity index is 1640. The first-order valence-corrected chi connectivity index (χ1v) is 17.5. The number of carbonyl (C=O) groups excluding carboxylic acids is 2. The number of esters is 1. The van der Waals surface area contributed by atoms with Gasteiger partial charge in [0.25, 0.3) is 5.91 Å². The van der Waals surface area contributed by atoms with Crippen molar-refractivity contribution >= 4 is 27.6 Å². The molecule has 0 saturated carbocycles. The maximum Gasteiger partial charge on any atom is 0.338 e. The zero-order valence-electron chi connectivity index (χ0n) is 28.0. The highest BCUT2D eigenvalue weighted by molar-refractivity contribution is 7.92. The Morgan fingerprint density at radius 2 is 1.57 bits per heavy atom. The van der Waals surface area contributed by atoms with Gasteiger partial charge in [0.1, 0.15) is 17.7 Å². The van der Waals surface area contributed by atoms with Gasteiger partial charge in [-0.05, 0) is 92.3 Å². The molecule has 3 rings (SSSR count). The minimum absolute atomic E-state index is 0.0174. The number of hydrogen-bond donors (Lipinski definition) is 2. The Labute approximate surface area is 277 Å². The van der Waals surface area contributed by atoms with E-state index in [2.05, 4.69) is 5.32 Å². The van der Waals surface area contributed by atoms with Crippen molar-refractivity contribution in [2.24, 2.45) is 5.73 Å². The van der Waals surface area contributed by atoms with E-state index in [0.717, 1.165) is 30.7 Å². The van der Waals surface area contributed by atoms with Gasteiger partial charge in [-0.15, -0.1) is 0 Å². The van der Waals surface area contributed by atoms with Gasteiger partial charge in [-0.1, -0.05) is 26.0 Å². The van der Waals surface area contributed by atoms with E-state index in [-0.39, 0.29) is 31.0 Å². The molecule has 47 heavy (non-hydrogen) atoms. The molecule has 2 atom stereocenters. The van der Waals surface area contributed by atoms with Crippen LogP contribution in [0, 0.1) is 18.6 Å². The molecule has 0 aliphatic carbocycles. The summed E-state index contributed by atoms with van der Waals surface area (Å²) in [6, 6.07) is 15.0. The van der Waals surface area contributed by atoms with E-state index in [0.29, 0.717) is 35.5 Å². The first kappa shape index (κ1) is 37.6. The first-order chi connectivity index (χ1) is 22.0. The zero-order valence-corrected chi connectivity index (χ0v) is 28.8. The largest absolute Gasteiger partial charge is 0.455 e. The van der Waals surface area contributed by atoms with E-state index >= 15 is 0 Å². The number of aryl methyl sites for hydroxylation is 1. The maximum absolute atomic E-state index is 14.0. The Hall–Kier alpha value is -3.87. The molecule has 3 aromatic rings. The molecule has 3 N–H and O–H groups in total. The van der Waals surface area contributed by atoms with Gasteiger partial charge < -0.3 is 20.7 Å². The average molecular weight is 673 g/mol. The summed E-state index contributed by atoms with van der Waals surface area (Å²) in [6.07, 6.45) is 1.70. The lowest BCUT2D eigenvalue weighted by molar-refractivity contribution is 0.00974. The van der Waals surface area contributed by atoms with Gasteiger partial charge >= 0.3 is 5.97 Å². The Balaban J connectivity index is 1.88. The second-order valence-corrected chi connectivity index (χ2v) is 14.3. The van der Waals surface area contributed by atoms with Crippen LogP contribution in [0.2, 0.25) is 0 Å². The van der Waals surface area contributed by atoms with Crippen molar-refractivity contribution < 1.29 is 31.5 Å². The summed E-state index contributed by atoms with van der Waals surface area (Å²) in [6.45, 7) is 8.93. The Morgan fingerprint density at radius 1 is 0.957 bits per heavy atom. The molecular formula is C35H46F2N4O5S. The molecule has 0 fully saturated rings. The van der Waals surface area contributed by atoms with Crippen molar-refractivity contribution in [2.75, 3.05) is 37.2 Å². The lowest BCUT2D eigenvalue weighted by Gasteiger charge is -2.34. The number of amides is 1. The van der Waals surface area contributed by atoms with Crippen molar-refractivity contribution in [3.63, 3.8) is 0 Å². The summed E-state index contributed by atoms with van der Waals surface area (Å²) < 4.78 is 59.3.